The van der Waals surface area contributed by atoms with E-state index in [1.54, 1.807) is 31.7 Å². The van der Waals surface area contributed by atoms with Gasteiger partial charge in [0.05, 0.1) is 7.11 Å². The normalized spacial score (nSPS) is 15.1. The predicted molar refractivity (Wildman–Crippen MR) is 131 cm³/mol. The van der Waals surface area contributed by atoms with E-state index < -0.39 is 35.7 Å². The summed E-state index contributed by atoms with van der Waals surface area (Å²) >= 11 is 0. The molecule has 9 nitrogen and oxygen atoms in total. The van der Waals surface area contributed by atoms with Gasteiger partial charge >= 0.3 is 12.1 Å². The molecule has 2 rings (SSSR count). The summed E-state index contributed by atoms with van der Waals surface area (Å²) in [7, 11) is 1.24. The minimum atomic E-state index is -0.962. The first-order valence-corrected chi connectivity index (χ1v) is 12.1. The second-order valence-corrected chi connectivity index (χ2v) is 10.4. The number of benzene rings is 1. The van der Waals surface area contributed by atoms with Crippen LogP contribution >= 0.6 is 0 Å². The Kier molecular flexibility index (Phi) is 9.68. The van der Waals surface area contributed by atoms with Gasteiger partial charge in [-0.25, -0.2) is 4.79 Å². The maximum absolute atomic E-state index is 14.0. The standard InChI is InChI=1S/C26H39N3O6/c1-16(2)14-20(28-25(33)35-26(4,5)6)24(32)29(18-12-13-18)22(19-11-9-8-10-17(19)3)23(31)27-15-21(30)34-7/h8-11,16,18,20,22H,12-15H2,1-7H3,(H,27,31)(H,28,33). The Morgan fingerprint density at radius 3 is 2.26 bits per heavy atom. The first-order chi connectivity index (χ1) is 16.3. The van der Waals surface area contributed by atoms with E-state index in [1.807, 2.05) is 39.0 Å². The van der Waals surface area contributed by atoms with Gasteiger partial charge in [-0.05, 0) is 64.0 Å². The zero-order chi connectivity index (χ0) is 26.3. The van der Waals surface area contributed by atoms with Gasteiger partial charge in [-0.2, -0.15) is 0 Å². The number of hydrogen-bond donors (Lipinski definition) is 2. The highest BCUT2D eigenvalue weighted by Gasteiger charge is 2.44. The van der Waals surface area contributed by atoms with Crippen LogP contribution in [0.25, 0.3) is 0 Å². The minimum Gasteiger partial charge on any atom is -0.468 e. The van der Waals surface area contributed by atoms with Crippen molar-refractivity contribution in [2.45, 2.75) is 84.5 Å². The van der Waals surface area contributed by atoms with Crippen LogP contribution in [0.2, 0.25) is 0 Å². The molecule has 0 saturated heterocycles. The fourth-order valence-corrected chi connectivity index (χ4v) is 3.83. The second-order valence-electron chi connectivity index (χ2n) is 10.4. The lowest BCUT2D eigenvalue weighted by molar-refractivity contribution is -0.145. The van der Waals surface area contributed by atoms with Gasteiger partial charge in [0.15, 0.2) is 0 Å². The Hall–Kier alpha value is -3.10. The largest absolute Gasteiger partial charge is 0.468 e. The van der Waals surface area contributed by atoms with Crippen molar-refractivity contribution in [1.29, 1.82) is 0 Å². The molecule has 1 aliphatic carbocycles. The molecule has 0 spiro atoms. The van der Waals surface area contributed by atoms with Crippen LogP contribution in [0.4, 0.5) is 4.79 Å². The van der Waals surface area contributed by atoms with Gasteiger partial charge in [-0.1, -0.05) is 38.1 Å². The van der Waals surface area contributed by atoms with Crippen molar-refractivity contribution in [3.05, 3.63) is 35.4 Å². The van der Waals surface area contributed by atoms with Crippen molar-refractivity contribution in [3.8, 4) is 0 Å². The molecule has 0 aromatic heterocycles. The molecule has 1 aromatic rings. The highest BCUT2D eigenvalue weighted by Crippen LogP contribution is 2.37. The first kappa shape index (κ1) is 28.1. The first-order valence-electron chi connectivity index (χ1n) is 12.1. The minimum absolute atomic E-state index is 0.102. The summed E-state index contributed by atoms with van der Waals surface area (Å²) in [4.78, 5) is 53.2. The van der Waals surface area contributed by atoms with E-state index in [4.69, 9.17) is 4.74 Å². The summed E-state index contributed by atoms with van der Waals surface area (Å²) < 4.78 is 10.0. The number of carbonyl (C=O) groups is 4. The molecule has 2 unspecified atom stereocenters. The van der Waals surface area contributed by atoms with E-state index in [0.29, 0.717) is 12.0 Å². The Morgan fingerprint density at radius 1 is 1.11 bits per heavy atom. The molecule has 9 heteroatoms. The number of nitrogens with one attached hydrogen (secondary N) is 2. The van der Waals surface area contributed by atoms with E-state index in [-0.39, 0.29) is 24.4 Å². The maximum atomic E-state index is 14.0. The van der Waals surface area contributed by atoms with Gasteiger partial charge in [-0.3, -0.25) is 14.4 Å². The third-order valence-electron chi connectivity index (χ3n) is 5.54. The Bertz CT molecular complexity index is 920. The third-order valence-corrected chi connectivity index (χ3v) is 5.54. The van der Waals surface area contributed by atoms with Crippen LogP contribution in [0.15, 0.2) is 24.3 Å². The van der Waals surface area contributed by atoms with Crippen LogP contribution < -0.4 is 10.6 Å². The van der Waals surface area contributed by atoms with Crippen LogP contribution in [0.3, 0.4) is 0 Å². The number of nitrogens with zero attached hydrogens (tertiary/aromatic N) is 1. The fourth-order valence-electron chi connectivity index (χ4n) is 3.83. The van der Waals surface area contributed by atoms with Gasteiger partial charge in [0, 0.05) is 6.04 Å². The molecule has 1 aliphatic rings. The molecule has 0 aliphatic heterocycles. The van der Waals surface area contributed by atoms with Crippen LogP contribution in [0.5, 0.6) is 0 Å². The summed E-state index contributed by atoms with van der Waals surface area (Å²) in [5.74, 6) is -1.32. The monoisotopic (exact) mass is 489 g/mol. The average molecular weight is 490 g/mol. The van der Waals surface area contributed by atoms with E-state index >= 15 is 0 Å². The summed E-state index contributed by atoms with van der Waals surface area (Å²) in [6.45, 7) is 10.7. The van der Waals surface area contributed by atoms with E-state index in [9.17, 15) is 19.2 Å². The highest BCUT2D eigenvalue weighted by molar-refractivity contribution is 5.93. The Balaban J connectivity index is 2.43. The number of hydrogen-bond acceptors (Lipinski definition) is 6. The van der Waals surface area contributed by atoms with Crippen LogP contribution in [-0.4, -0.2) is 60.1 Å². The van der Waals surface area contributed by atoms with Crippen LogP contribution in [0, 0.1) is 12.8 Å². The SMILES string of the molecule is COC(=O)CNC(=O)C(c1ccccc1C)N(C(=O)C(CC(C)C)NC(=O)OC(C)(C)C)C1CC1. The molecule has 0 bridgehead atoms. The van der Waals surface area contributed by atoms with E-state index in [2.05, 4.69) is 15.4 Å². The van der Waals surface area contributed by atoms with Crippen molar-refractivity contribution in [2.24, 2.45) is 5.92 Å². The number of carbonyl (C=O) groups excluding carboxylic acids is 4. The molecular weight excluding hydrogens is 450 g/mol. The van der Waals surface area contributed by atoms with Gasteiger partial charge in [-0.15, -0.1) is 0 Å². The molecular formula is C26H39N3O6. The van der Waals surface area contributed by atoms with E-state index in [0.717, 1.165) is 18.4 Å². The van der Waals surface area contributed by atoms with E-state index in [1.165, 1.54) is 7.11 Å². The number of alkyl carbamates (subject to hydrolysis) is 1. The summed E-state index contributed by atoms with van der Waals surface area (Å²) in [5.41, 5.74) is 0.781. The van der Waals surface area contributed by atoms with Gasteiger partial charge in [0.1, 0.15) is 24.2 Å². The number of rotatable bonds is 10. The second kappa shape index (κ2) is 12.0. The van der Waals surface area contributed by atoms with Crippen molar-refractivity contribution < 1.29 is 28.7 Å². The molecule has 1 aromatic carbocycles. The average Bonchev–Trinajstić information content (AvgIpc) is 3.58. The Labute approximate surface area is 207 Å². The number of methoxy groups -OCH3 is 1. The molecule has 1 saturated carbocycles. The fraction of sp³-hybridized carbons (Fsp3) is 0.615. The Morgan fingerprint density at radius 2 is 1.74 bits per heavy atom. The quantitative estimate of drug-likeness (QED) is 0.488. The van der Waals surface area contributed by atoms with Crippen molar-refractivity contribution in [2.75, 3.05) is 13.7 Å². The molecule has 3 amide bonds. The molecule has 35 heavy (non-hydrogen) atoms. The summed E-state index contributed by atoms with van der Waals surface area (Å²) in [5, 5.41) is 5.34. The predicted octanol–water partition coefficient (Wildman–Crippen LogP) is 3.26. The van der Waals surface area contributed by atoms with Gasteiger partial charge in [0.25, 0.3) is 0 Å². The lowest BCUT2D eigenvalue weighted by Crippen LogP contribution is -2.54. The highest BCUT2D eigenvalue weighted by atomic mass is 16.6. The van der Waals surface area contributed by atoms with Gasteiger partial charge < -0.3 is 25.0 Å². The van der Waals surface area contributed by atoms with Crippen molar-refractivity contribution in [1.82, 2.24) is 15.5 Å². The van der Waals surface area contributed by atoms with Gasteiger partial charge in [0.2, 0.25) is 11.8 Å². The molecule has 1 fully saturated rings. The summed E-state index contributed by atoms with van der Waals surface area (Å²) in [6.07, 6.45) is 1.19. The molecule has 2 atom stereocenters. The molecule has 0 radical (unpaired) electrons. The molecule has 0 heterocycles. The van der Waals surface area contributed by atoms with Crippen LogP contribution in [0.1, 0.15) is 71.0 Å². The molecule has 194 valence electrons. The third kappa shape index (κ3) is 8.56. The smallest absolute Gasteiger partial charge is 0.408 e. The number of aryl methyl sites for hydroxylation is 1. The summed E-state index contributed by atoms with van der Waals surface area (Å²) in [6, 6.07) is 5.36. The van der Waals surface area contributed by atoms with Crippen molar-refractivity contribution >= 4 is 23.9 Å². The maximum Gasteiger partial charge on any atom is 0.408 e. The van der Waals surface area contributed by atoms with Crippen molar-refractivity contribution in [3.63, 3.8) is 0 Å². The number of amides is 3. The number of ether oxygens (including phenoxy) is 2. The van der Waals surface area contributed by atoms with Crippen LogP contribution in [-0.2, 0) is 23.9 Å². The lowest BCUT2D eigenvalue weighted by Gasteiger charge is -2.35. The topological polar surface area (TPSA) is 114 Å². The molecule has 2 N–H and O–H groups in total. The zero-order valence-corrected chi connectivity index (χ0v) is 21.8. The zero-order valence-electron chi connectivity index (χ0n) is 21.8. The number of esters is 1. The lowest BCUT2D eigenvalue weighted by atomic mass is 9.96.